The van der Waals surface area contributed by atoms with Crippen LogP contribution in [0.2, 0.25) is 0 Å². The summed E-state index contributed by atoms with van der Waals surface area (Å²) in [4.78, 5) is 22.9. The van der Waals surface area contributed by atoms with E-state index < -0.39 is 11.9 Å². The average Bonchev–Trinajstić information content (AvgIpc) is 3.03. The van der Waals surface area contributed by atoms with Crippen molar-refractivity contribution in [1.82, 2.24) is 0 Å². The number of aryl methyl sites for hydroxylation is 2. The molecule has 0 bridgehead atoms. The summed E-state index contributed by atoms with van der Waals surface area (Å²) in [6.07, 6.45) is 8.94. The minimum Gasteiger partial charge on any atom is -0.478 e. The van der Waals surface area contributed by atoms with E-state index >= 15 is 0 Å². The fourth-order valence-electron chi connectivity index (χ4n) is 3.87. The molecule has 0 amide bonds. The van der Waals surface area contributed by atoms with E-state index in [1.165, 1.54) is 0 Å². The van der Waals surface area contributed by atoms with Crippen LogP contribution < -0.4 is 4.74 Å². The Morgan fingerprint density at radius 3 is 2.68 bits per heavy atom. The van der Waals surface area contributed by atoms with E-state index in [-0.39, 0.29) is 5.41 Å². The first-order valence-corrected chi connectivity index (χ1v) is 10.0. The van der Waals surface area contributed by atoms with Gasteiger partial charge in [-0.1, -0.05) is 33.6 Å². The lowest BCUT2D eigenvalue weighted by atomic mass is 9.79. The first kappa shape index (κ1) is 20.2. The highest BCUT2D eigenvalue weighted by molar-refractivity contribution is 5.96. The van der Waals surface area contributed by atoms with Gasteiger partial charge in [-0.3, -0.25) is 0 Å². The number of hydrogen-bond donors (Lipinski definition) is 1. The first-order valence-electron chi connectivity index (χ1n) is 10.0. The van der Waals surface area contributed by atoms with Crippen LogP contribution in [-0.2, 0) is 27.8 Å². The number of carboxylic acid groups (broad SMARTS) is 1. The molecule has 0 unspecified atom stereocenters. The highest BCUT2D eigenvalue weighted by Crippen LogP contribution is 2.41. The summed E-state index contributed by atoms with van der Waals surface area (Å²) in [7, 11) is 0. The Hall–Kier alpha value is -2.56. The van der Waals surface area contributed by atoms with Crippen LogP contribution in [0.15, 0.2) is 28.7 Å². The van der Waals surface area contributed by atoms with Crippen molar-refractivity contribution in [3.05, 3.63) is 41.2 Å². The molecule has 1 aliphatic rings. The molecule has 1 aromatic heterocycles. The Morgan fingerprint density at radius 2 is 1.96 bits per heavy atom. The van der Waals surface area contributed by atoms with Gasteiger partial charge in [-0.05, 0) is 48.8 Å². The van der Waals surface area contributed by atoms with Gasteiger partial charge < -0.3 is 14.3 Å². The Balaban J connectivity index is 2.08. The van der Waals surface area contributed by atoms with E-state index in [4.69, 9.17) is 14.3 Å². The summed E-state index contributed by atoms with van der Waals surface area (Å²) in [6, 6.07) is 4.00. The summed E-state index contributed by atoms with van der Waals surface area (Å²) in [5.74, 6) is -0.442. The molecule has 0 saturated heterocycles. The smallest absolute Gasteiger partial charge is 0.336 e. The molecule has 150 valence electrons. The van der Waals surface area contributed by atoms with Gasteiger partial charge in [0.15, 0.2) is 0 Å². The highest BCUT2D eigenvalue weighted by atomic mass is 16.5. The molecule has 2 aromatic rings. The molecule has 0 atom stereocenters. The normalized spacial score (nSPS) is 14.4. The predicted octanol–water partition coefficient (Wildman–Crippen LogP) is 5.33. The molecule has 28 heavy (non-hydrogen) atoms. The molecule has 3 rings (SSSR count). The number of carbonyl (C=O) groups excluding carboxylic acids is 1. The number of rotatable bonds is 7. The molecular formula is C23H28O5. The lowest BCUT2D eigenvalue weighted by molar-refractivity contribution is -0.133. The largest absolute Gasteiger partial charge is 0.478 e. The summed E-state index contributed by atoms with van der Waals surface area (Å²) >= 11 is 0. The molecule has 1 heterocycles. The maximum atomic E-state index is 12.2. The number of benzene rings is 1. The SMILES string of the molecule is CCCCC(C)(C)c1cc(OC(=O)/C=C/C(=O)O)c2c3c(oc2c1)CCCC3. The van der Waals surface area contributed by atoms with Crippen LogP contribution in [0.5, 0.6) is 5.75 Å². The van der Waals surface area contributed by atoms with Crippen LogP contribution in [0.3, 0.4) is 0 Å². The van der Waals surface area contributed by atoms with Gasteiger partial charge in [0.05, 0.1) is 5.39 Å². The van der Waals surface area contributed by atoms with Gasteiger partial charge in [0, 0.05) is 24.1 Å². The van der Waals surface area contributed by atoms with E-state index in [1.54, 1.807) is 0 Å². The molecule has 0 fully saturated rings. The molecule has 1 aliphatic carbocycles. The third-order valence-electron chi connectivity index (χ3n) is 5.53. The highest BCUT2D eigenvalue weighted by Gasteiger charge is 2.27. The number of furan rings is 1. The van der Waals surface area contributed by atoms with Crippen LogP contribution in [0.1, 0.15) is 69.8 Å². The second kappa shape index (κ2) is 8.21. The first-order chi connectivity index (χ1) is 13.3. The zero-order valence-corrected chi connectivity index (χ0v) is 16.8. The summed E-state index contributed by atoms with van der Waals surface area (Å²) in [5, 5.41) is 9.60. The van der Waals surface area contributed by atoms with E-state index in [0.29, 0.717) is 5.75 Å². The maximum Gasteiger partial charge on any atom is 0.336 e. The van der Waals surface area contributed by atoms with Gasteiger partial charge in [-0.15, -0.1) is 0 Å². The Bertz CT molecular complexity index is 917. The summed E-state index contributed by atoms with van der Waals surface area (Å²) < 4.78 is 11.7. The third-order valence-corrected chi connectivity index (χ3v) is 5.53. The van der Waals surface area contributed by atoms with Crippen molar-refractivity contribution < 1.29 is 23.8 Å². The van der Waals surface area contributed by atoms with E-state index in [9.17, 15) is 9.59 Å². The van der Waals surface area contributed by atoms with Crippen molar-refractivity contribution >= 4 is 22.9 Å². The Labute approximate surface area is 165 Å². The standard InChI is InChI=1S/C23H28O5/c1-4-5-12-23(2,3)15-13-18-22(16-8-6-7-9-17(16)27-18)19(14-15)28-21(26)11-10-20(24)25/h10-11,13-14H,4-9,12H2,1-3H3,(H,24,25)/b11-10+. The van der Waals surface area contributed by atoms with E-state index in [2.05, 4.69) is 26.8 Å². The minimum absolute atomic E-state index is 0.0877. The van der Waals surface area contributed by atoms with Crippen LogP contribution in [0.4, 0.5) is 0 Å². The topological polar surface area (TPSA) is 76.7 Å². The molecule has 0 saturated carbocycles. The van der Waals surface area contributed by atoms with Crippen molar-refractivity contribution in [3.8, 4) is 5.75 Å². The second-order valence-electron chi connectivity index (χ2n) is 8.14. The predicted molar refractivity (Wildman–Crippen MR) is 108 cm³/mol. The number of carboxylic acids is 1. The zero-order valence-electron chi connectivity index (χ0n) is 16.8. The van der Waals surface area contributed by atoms with Crippen LogP contribution in [0, 0.1) is 0 Å². The lowest BCUT2D eigenvalue weighted by Crippen LogP contribution is -2.17. The lowest BCUT2D eigenvalue weighted by Gasteiger charge is -2.25. The molecular weight excluding hydrogens is 356 g/mol. The summed E-state index contributed by atoms with van der Waals surface area (Å²) in [5.41, 5.74) is 2.84. The number of esters is 1. The van der Waals surface area contributed by atoms with Crippen molar-refractivity contribution in [2.24, 2.45) is 0 Å². The van der Waals surface area contributed by atoms with Crippen molar-refractivity contribution in [2.75, 3.05) is 0 Å². The number of fused-ring (bicyclic) bond motifs is 3. The summed E-state index contributed by atoms with van der Waals surface area (Å²) in [6.45, 7) is 6.53. The number of carbonyl (C=O) groups is 2. The number of unbranched alkanes of at least 4 members (excludes halogenated alkanes) is 1. The van der Waals surface area contributed by atoms with Gasteiger partial charge in [0.2, 0.25) is 0 Å². The van der Waals surface area contributed by atoms with Gasteiger partial charge in [-0.2, -0.15) is 0 Å². The number of hydrogen-bond acceptors (Lipinski definition) is 4. The second-order valence-corrected chi connectivity index (χ2v) is 8.14. The van der Waals surface area contributed by atoms with E-state index in [0.717, 1.165) is 85.0 Å². The number of aliphatic carboxylic acids is 1. The van der Waals surface area contributed by atoms with Gasteiger partial charge >= 0.3 is 11.9 Å². The Morgan fingerprint density at radius 1 is 1.21 bits per heavy atom. The monoisotopic (exact) mass is 384 g/mol. The van der Waals surface area contributed by atoms with Crippen molar-refractivity contribution in [2.45, 2.75) is 71.1 Å². The minimum atomic E-state index is -1.18. The molecule has 0 spiro atoms. The van der Waals surface area contributed by atoms with Gasteiger partial charge in [-0.25, -0.2) is 9.59 Å². The molecule has 0 aliphatic heterocycles. The third kappa shape index (κ3) is 4.29. The molecule has 1 N–H and O–H groups in total. The van der Waals surface area contributed by atoms with Crippen molar-refractivity contribution in [3.63, 3.8) is 0 Å². The maximum absolute atomic E-state index is 12.2. The van der Waals surface area contributed by atoms with Crippen LogP contribution in [0.25, 0.3) is 11.0 Å². The van der Waals surface area contributed by atoms with Gasteiger partial charge in [0.1, 0.15) is 17.1 Å². The van der Waals surface area contributed by atoms with Crippen LogP contribution >= 0.6 is 0 Å². The molecule has 0 radical (unpaired) electrons. The van der Waals surface area contributed by atoms with Gasteiger partial charge in [0.25, 0.3) is 0 Å². The fraction of sp³-hybridized carbons (Fsp3) is 0.478. The molecule has 1 aromatic carbocycles. The number of ether oxygens (including phenoxy) is 1. The van der Waals surface area contributed by atoms with Crippen LogP contribution in [-0.4, -0.2) is 17.0 Å². The Kier molecular flexibility index (Phi) is 5.92. The average molecular weight is 384 g/mol. The van der Waals surface area contributed by atoms with E-state index in [1.807, 2.05) is 6.07 Å². The molecule has 5 nitrogen and oxygen atoms in total. The zero-order chi connectivity index (χ0) is 20.3. The quantitative estimate of drug-likeness (QED) is 0.397. The molecule has 5 heteroatoms. The van der Waals surface area contributed by atoms with Crippen molar-refractivity contribution in [1.29, 1.82) is 0 Å². The fourth-order valence-corrected chi connectivity index (χ4v) is 3.87.